The smallest absolute Gasteiger partial charge is 0.129 e. The number of nitrogens with one attached hydrogen (secondary N) is 1. The molecule has 0 spiro atoms. The van der Waals surface area contributed by atoms with E-state index in [0.717, 1.165) is 19.6 Å². The van der Waals surface area contributed by atoms with Gasteiger partial charge in [0, 0.05) is 25.2 Å². The first-order valence-electron chi connectivity index (χ1n) is 6.83. The normalized spacial score (nSPS) is 11.5. The highest BCUT2D eigenvalue weighted by atomic mass is 19.1. The van der Waals surface area contributed by atoms with Gasteiger partial charge in [0.05, 0.1) is 0 Å². The zero-order valence-electron chi connectivity index (χ0n) is 12.0. The summed E-state index contributed by atoms with van der Waals surface area (Å²) in [6.07, 6.45) is 0.402. The van der Waals surface area contributed by atoms with Gasteiger partial charge in [0.25, 0.3) is 0 Å². The lowest BCUT2D eigenvalue weighted by Crippen LogP contribution is -2.32. The number of halogens is 2. The lowest BCUT2D eigenvalue weighted by atomic mass is 10.1. The minimum absolute atomic E-state index is 0.185. The number of rotatable bonds is 8. The van der Waals surface area contributed by atoms with Crippen LogP contribution in [-0.2, 0) is 6.42 Å². The van der Waals surface area contributed by atoms with E-state index in [1.807, 2.05) is 7.05 Å². The van der Waals surface area contributed by atoms with Crippen LogP contribution >= 0.6 is 0 Å². The summed E-state index contributed by atoms with van der Waals surface area (Å²) in [4.78, 5) is 2.08. The molecule has 4 heteroatoms. The molecule has 0 fully saturated rings. The summed E-state index contributed by atoms with van der Waals surface area (Å²) in [5, 5.41) is 3.35. The van der Waals surface area contributed by atoms with Crippen LogP contribution < -0.4 is 5.32 Å². The van der Waals surface area contributed by atoms with Crippen molar-refractivity contribution in [3.63, 3.8) is 0 Å². The molecule has 0 amide bonds. The standard InChI is InChI=1S/C15H24F2N2/c1-12(2)11-18-8-10-19(3)9-7-13-14(16)5-4-6-15(13)17/h4-6,12,18H,7-11H2,1-3H3. The molecular formula is C15H24F2N2. The zero-order valence-corrected chi connectivity index (χ0v) is 12.0. The van der Waals surface area contributed by atoms with Crippen molar-refractivity contribution in [1.29, 1.82) is 0 Å². The third-order valence-corrected chi connectivity index (χ3v) is 3.03. The second-order valence-electron chi connectivity index (χ2n) is 5.35. The maximum absolute atomic E-state index is 13.4. The van der Waals surface area contributed by atoms with Crippen molar-refractivity contribution in [2.45, 2.75) is 20.3 Å². The van der Waals surface area contributed by atoms with E-state index in [0.29, 0.717) is 18.9 Å². The van der Waals surface area contributed by atoms with Crippen molar-refractivity contribution >= 4 is 0 Å². The first kappa shape index (κ1) is 16.1. The highest BCUT2D eigenvalue weighted by Gasteiger charge is 2.09. The lowest BCUT2D eigenvalue weighted by molar-refractivity contribution is 0.329. The van der Waals surface area contributed by atoms with Crippen molar-refractivity contribution < 1.29 is 8.78 Å². The van der Waals surface area contributed by atoms with E-state index in [4.69, 9.17) is 0 Å². The van der Waals surface area contributed by atoms with Crippen molar-refractivity contribution in [1.82, 2.24) is 10.2 Å². The number of benzene rings is 1. The van der Waals surface area contributed by atoms with Gasteiger partial charge in [-0.1, -0.05) is 19.9 Å². The predicted molar refractivity (Wildman–Crippen MR) is 75.3 cm³/mol. The Balaban J connectivity index is 2.28. The SMILES string of the molecule is CC(C)CNCCN(C)CCc1c(F)cccc1F. The van der Waals surface area contributed by atoms with Crippen molar-refractivity contribution in [3.8, 4) is 0 Å². The van der Waals surface area contributed by atoms with Gasteiger partial charge >= 0.3 is 0 Å². The van der Waals surface area contributed by atoms with Crippen LogP contribution in [0.3, 0.4) is 0 Å². The van der Waals surface area contributed by atoms with E-state index < -0.39 is 11.6 Å². The topological polar surface area (TPSA) is 15.3 Å². The molecule has 0 saturated carbocycles. The molecule has 19 heavy (non-hydrogen) atoms. The molecule has 0 bridgehead atoms. The Morgan fingerprint density at radius 1 is 1.16 bits per heavy atom. The first-order chi connectivity index (χ1) is 9.00. The monoisotopic (exact) mass is 270 g/mol. The van der Waals surface area contributed by atoms with Crippen molar-refractivity contribution in [2.24, 2.45) is 5.92 Å². The van der Waals surface area contributed by atoms with Gasteiger partial charge in [-0.25, -0.2) is 8.78 Å². The fourth-order valence-corrected chi connectivity index (χ4v) is 1.85. The minimum atomic E-state index is -0.452. The molecule has 0 atom stereocenters. The number of nitrogens with zero attached hydrogens (tertiary/aromatic N) is 1. The second kappa shape index (κ2) is 8.23. The molecule has 0 aromatic heterocycles. The van der Waals surface area contributed by atoms with Crippen LogP contribution in [0.1, 0.15) is 19.4 Å². The lowest BCUT2D eigenvalue weighted by Gasteiger charge is -2.17. The van der Waals surface area contributed by atoms with Gasteiger partial charge in [-0.2, -0.15) is 0 Å². The molecule has 0 unspecified atom stereocenters. The van der Waals surface area contributed by atoms with Crippen LogP contribution in [0.4, 0.5) is 8.78 Å². The van der Waals surface area contributed by atoms with Crippen LogP contribution in [0.25, 0.3) is 0 Å². The molecule has 0 saturated heterocycles. The summed E-state index contributed by atoms with van der Waals surface area (Å²) in [6.45, 7) is 7.75. The van der Waals surface area contributed by atoms with Crippen molar-refractivity contribution in [3.05, 3.63) is 35.4 Å². The summed E-state index contributed by atoms with van der Waals surface area (Å²) in [5.41, 5.74) is 0.185. The molecule has 1 aromatic rings. The minimum Gasteiger partial charge on any atom is -0.315 e. The summed E-state index contributed by atoms with van der Waals surface area (Å²) in [5.74, 6) is -0.268. The number of likely N-dealkylation sites (N-methyl/N-ethyl adjacent to an activating group) is 1. The van der Waals surface area contributed by atoms with E-state index >= 15 is 0 Å². The molecule has 1 N–H and O–H groups in total. The Kier molecular flexibility index (Phi) is 6.95. The van der Waals surface area contributed by atoms with Crippen LogP contribution in [0.2, 0.25) is 0 Å². The Bertz CT molecular complexity index is 360. The van der Waals surface area contributed by atoms with E-state index in [-0.39, 0.29) is 5.56 Å². The maximum Gasteiger partial charge on any atom is 0.129 e. The average Bonchev–Trinajstić information content (AvgIpc) is 2.34. The van der Waals surface area contributed by atoms with Gasteiger partial charge in [-0.15, -0.1) is 0 Å². The zero-order chi connectivity index (χ0) is 14.3. The molecule has 1 rings (SSSR count). The average molecular weight is 270 g/mol. The Morgan fingerprint density at radius 3 is 2.37 bits per heavy atom. The summed E-state index contributed by atoms with van der Waals surface area (Å²) in [7, 11) is 1.97. The molecular weight excluding hydrogens is 246 g/mol. The number of hydrogen-bond donors (Lipinski definition) is 1. The highest BCUT2D eigenvalue weighted by molar-refractivity contribution is 5.19. The largest absolute Gasteiger partial charge is 0.315 e. The van der Waals surface area contributed by atoms with Gasteiger partial charge in [0.15, 0.2) is 0 Å². The number of hydrogen-bond acceptors (Lipinski definition) is 2. The van der Waals surface area contributed by atoms with Gasteiger partial charge in [-0.05, 0) is 38.1 Å². The van der Waals surface area contributed by atoms with Crippen LogP contribution in [0.5, 0.6) is 0 Å². The van der Waals surface area contributed by atoms with Gasteiger partial charge in [0.2, 0.25) is 0 Å². The third-order valence-electron chi connectivity index (χ3n) is 3.03. The Labute approximate surface area is 114 Å². The fraction of sp³-hybridized carbons (Fsp3) is 0.600. The first-order valence-corrected chi connectivity index (χ1v) is 6.83. The van der Waals surface area contributed by atoms with Crippen molar-refractivity contribution in [2.75, 3.05) is 33.2 Å². The Hall–Kier alpha value is -1.00. The highest BCUT2D eigenvalue weighted by Crippen LogP contribution is 2.12. The molecule has 0 aliphatic heterocycles. The Morgan fingerprint density at radius 2 is 1.79 bits per heavy atom. The summed E-state index contributed by atoms with van der Waals surface area (Å²) < 4.78 is 26.9. The molecule has 108 valence electrons. The van der Waals surface area contributed by atoms with Crippen LogP contribution in [0.15, 0.2) is 18.2 Å². The molecule has 2 nitrogen and oxygen atoms in total. The molecule has 0 aliphatic carbocycles. The van der Waals surface area contributed by atoms with Gasteiger partial charge in [-0.3, -0.25) is 0 Å². The van der Waals surface area contributed by atoms with E-state index in [9.17, 15) is 8.78 Å². The fourth-order valence-electron chi connectivity index (χ4n) is 1.85. The van der Waals surface area contributed by atoms with Gasteiger partial charge in [0.1, 0.15) is 11.6 Å². The second-order valence-corrected chi connectivity index (χ2v) is 5.35. The van der Waals surface area contributed by atoms with Gasteiger partial charge < -0.3 is 10.2 Å². The third kappa shape index (κ3) is 6.12. The van der Waals surface area contributed by atoms with E-state index in [1.165, 1.54) is 18.2 Å². The quantitative estimate of drug-likeness (QED) is 0.731. The molecule has 0 aliphatic rings. The summed E-state index contributed by atoms with van der Waals surface area (Å²) in [6, 6.07) is 4.01. The summed E-state index contributed by atoms with van der Waals surface area (Å²) >= 11 is 0. The molecule has 0 radical (unpaired) electrons. The maximum atomic E-state index is 13.4. The molecule has 1 aromatic carbocycles. The van der Waals surface area contributed by atoms with Crippen LogP contribution in [0, 0.1) is 17.6 Å². The van der Waals surface area contributed by atoms with E-state index in [1.54, 1.807) is 0 Å². The van der Waals surface area contributed by atoms with Crippen LogP contribution in [-0.4, -0.2) is 38.1 Å². The van der Waals surface area contributed by atoms with E-state index in [2.05, 4.69) is 24.1 Å². The molecule has 0 heterocycles. The predicted octanol–water partition coefficient (Wildman–Crippen LogP) is 2.68.